The fourth-order valence-electron chi connectivity index (χ4n) is 2.01. The second kappa shape index (κ2) is 7.54. The number of hydrogen-bond acceptors (Lipinski definition) is 3. The zero-order chi connectivity index (χ0) is 15.9. The fourth-order valence-corrected chi connectivity index (χ4v) is 2.01. The second-order valence-electron chi connectivity index (χ2n) is 4.92. The molecular formula is C17H19FN2O2. The first kappa shape index (κ1) is 15.9. The lowest BCUT2D eigenvalue weighted by Gasteiger charge is -2.17. The summed E-state index contributed by atoms with van der Waals surface area (Å²) in [5.41, 5.74) is 1.51. The van der Waals surface area contributed by atoms with Crippen LogP contribution < -0.4 is 4.74 Å². The van der Waals surface area contributed by atoms with Gasteiger partial charge < -0.3 is 9.64 Å². The third-order valence-corrected chi connectivity index (χ3v) is 3.27. The van der Waals surface area contributed by atoms with E-state index in [4.69, 9.17) is 4.74 Å². The Morgan fingerprint density at radius 3 is 2.55 bits per heavy atom. The number of pyridine rings is 1. The van der Waals surface area contributed by atoms with Gasteiger partial charge in [0.1, 0.15) is 5.82 Å². The molecule has 0 radical (unpaired) electrons. The van der Waals surface area contributed by atoms with Crippen molar-refractivity contribution in [1.29, 1.82) is 0 Å². The molecule has 4 nitrogen and oxygen atoms in total. The number of ether oxygens (including phenoxy) is 1. The first-order chi connectivity index (χ1) is 10.6. The van der Waals surface area contributed by atoms with E-state index in [2.05, 4.69) is 4.98 Å². The van der Waals surface area contributed by atoms with Gasteiger partial charge >= 0.3 is 0 Å². The number of rotatable bonds is 6. The molecule has 0 aliphatic carbocycles. The lowest BCUT2D eigenvalue weighted by Crippen LogP contribution is -2.28. The normalized spacial score (nSPS) is 10.3. The van der Waals surface area contributed by atoms with E-state index in [0.29, 0.717) is 31.0 Å². The Labute approximate surface area is 129 Å². The highest BCUT2D eigenvalue weighted by Gasteiger charge is 2.12. The molecular weight excluding hydrogens is 283 g/mol. The van der Waals surface area contributed by atoms with Gasteiger partial charge in [-0.3, -0.25) is 4.79 Å². The fraction of sp³-hybridized carbons (Fsp3) is 0.294. The van der Waals surface area contributed by atoms with Gasteiger partial charge in [-0.05, 0) is 37.1 Å². The Kier molecular flexibility index (Phi) is 5.47. The molecule has 1 aromatic carbocycles. The molecule has 0 saturated heterocycles. The molecule has 0 N–H and O–H groups in total. The molecule has 0 atom stereocenters. The van der Waals surface area contributed by atoms with Crippen molar-refractivity contribution in [1.82, 2.24) is 9.88 Å². The van der Waals surface area contributed by atoms with Gasteiger partial charge in [0.05, 0.1) is 12.2 Å². The number of halogens is 1. The highest BCUT2D eigenvalue weighted by atomic mass is 19.1. The summed E-state index contributed by atoms with van der Waals surface area (Å²) < 4.78 is 18.1. The number of likely N-dealkylation sites (N-methyl/N-ethyl adjacent to an activating group) is 1. The second-order valence-corrected chi connectivity index (χ2v) is 4.92. The van der Waals surface area contributed by atoms with Gasteiger partial charge in [-0.15, -0.1) is 0 Å². The van der Waals surface area contributed by atoms with E-state index >= 15 is 0 Å². The number of hydrogen-bond donors (Lipinski definition) is 0. The molecule has 2 rings (SSSR count). The van der Waals surface area contributed by atoms with Gasteiger partial charge in [0.25, 0.3) is 5.91 Å². The van der Waals surface area contributed by atoms with Crippen molar-refractivity contribution in [3.63, 3.8) is 0 Å². The van der Waals surface area contributed by atoms with E-state index in [1.54, 1.807) is 36.2 Å². The standard InChI is InChI=1S/C17H19FN2O2/c1-3-22-16-9-6-14(12-19-16)17(21)20(2)11-10-13-4-7-15(18)8-5-13/h4-9,12H,3,10-11H2,1-2H3. The molecule has 116 valence electrons. The predicted octanol–water partition coefficient (Wildman–Crippen LogP) is 2.93. The summed E-state index contributed by atoms with van der Waals surface area (Å²) in [6.45, 7) is 2.97. The molecule has 22 heavy (non-hydrogen) atoms. The largest absolute Gasteiger partial charge is 0.478 e. The molecule has 1 aromatic heterocycles. The first-order valence-corrected chi connectivity index (χ1v) is 7.19. The lowest BCUT2D eigenvalue weighted by molar-refractivity contribution is 0.0796. The van der Waals surface area contributed by atoms with Crippen LogP contribution in [0.2, 0.25) is 0 Å². The van der Waals surface area contributed by atoms with Crippen LogP contribution in [-0.4, -0.2) is 36.0 Å². The van der Waals surface area contributed by atoms with Gasteiger partial charge in [0, 0.05) is 25.9 Å². The van der Waals surface area contributed by atoms with E-state index in [9.17, 15) is 9.18 Å². The number of carbonyl (C=O) groups excluding carboxylic acids is 1. The Balaban J connectivity index is 1.92. The first-order valence-electron chi connectivity index (χ1n) is 7.19. The molecule has 0 saturated carbocycles. The van der Waals surface area contributed by atoms with Gasteiger partial charge in [-0.1, -0.05) is 12.1 Å². The van der Waals surface area contributed by atoms with E-state index < -0.39 is 0 Å². The summed E-state index contributed by atoms with van der Waals surface area (Å²) in [6, 6.07) is 9.69. The van der Waals surface area contributed by atoms with E-state index in [0.717, 1.165) is 5.56 Å². The lowest BCUT2D eigenvalue weighted by atomic mass is 10.1. The highest BCUT2D eigenvalue weighted by molar-refractivity contribution is 5.93. The summed E-state index contributed by atoms with van der Waals surface area (Å²) in [7, 11) is 1.74. The minimum absolute atomic E-state index is 0.0994. The Morgan fingerprint density at radius 1 is 1.23 bits per heavy atom. The molecule has 2 aromatic rings. The zero-order valence-electron chi connectivity index (χ0n) is 12.8. The number of benzene rings is 1. The summed E-state index contributed by atoms with van der Waals surface area (Å²) in [4.78, 5) is 18.0. The van der Waals surface area contributed by atoms with Crippen LogP contribution in [0.1, 0.15) is 22.8 Å². The van der Waals surface area contributed by atoms with Gasteiger partial charge in [0.15, 0.2) is 0 Å². The van der Waals surface area contributed by atoms with Crippen molar-refractivity contribution in [2.75, 3.05) is 20.2 Å². The Bertz CT molecular complexity index is 612. The van der Waals surface area contributed by atoms with Crippen LogP contribution >= 0.6 is 0 Å². The van der Waals surface area contributed by atoms with Crippen LogP contribution in [0, 0.1) is 5.82 Å². The quantitative estimate of drug-likeness (QED) is 0.824. The number of aromatic nitrogens is 1. The smallest absolute Gasteiger partial charge is 0.255 e. The maximum Gasteiger partial charge on any atom is 0.255 e. The van der Waals surface area contributed by atoms with Crippen LogP contribution in [0.5, 0.6) is 5.88 Å². The molecule has 0 spiro atoms. The van der Waals surface area contributed by atoms with Crippen molar-refractivity contribution in [3.8, 4) is 5.88 Å². The third-order valence-electron chi connectivity index (χ3n) is 3.27. The zero-order valence-corrected chi connectivity index (χ0v) is 12.8. The molecule has 1 amide bonds. The summed E-state index contributed by atoms with van der Waals surface area (Å²) >= 11 is 0. The van der Waals surface area contributed by atoms with Crippen LogP contribution in [0.3, 0.4) is 0 Å². The number of amides is 1. The summed E-state index contributed by atoms with van der Waals surface area (Å²) in [5, 5.41) is 0. The average molecular weight is 302 g/mol. The molecule has 0 aliphatic rings. The highest BCUT2D eigenvalue weighted by Crippen LogP contribution is 2.10. The maximum absolute atomic E-state index is 12.8. The van der Waals surface area contributed by atoms with Gasteiger partial charge in [0.2, 0.25) is 5.88 Å². The average Bonchev–Trinajstić information content (AvgIpc) is 2.54. The molecule has 5 heteroatoms. The monoisotopic (exact) mass is 302 g/mol. The molecule has 0 fully saturated rings. The predicted molar refractivity (Wildman–Crippen MR) is 82.5 cm³/mol. The minimum atomic E-state index is -0.256. The molecule has 1 heterocycles. The summed E-state index contributed by atoms with van der Waals surface area (Å²) in [5.74, 6) is 0.152. The van der Waals surface area contributed by atoms with Crippen LogP contribution in [0.25, 0.3) is 0 Å². The maximum atomic E-state index is 12.8. The van der Waals surface area contributed by atoms with Crippen LogP contribution in [0.4, 0.5) is 4.39 Å². The van der Waals surface area contributed by atoms with Crippen molar-refractivity contribution in [2.45, 2.75) is 13.3 Å². The third kappa shape index (κ3) is 4.28. The van der Waals surface area contributed by atoms with Crippen molar-refractivity contribution >= 4 is 5.91 Å². The van der Waals surface area contributed by atoms with Crippen molar-refractivity contribution < 1.29 is 13.9 Å². The Morgan fingerprint density at radius 2 is 1.95 bits per heavy atom. The summed E-state index contributed by atoms with van der Waals surface area (Å²) in [6.07, 6.45) is 2.19. The number of carbonyl (C=O) groups is 1. The van der Waals surface area contributed by atoms with E-state index in [-0.39, 0.29) is 11.7 Å². The van der Waals surface area contributed by atoms with Crippen molar-refractivity contribution in [3.05, 3.63) is 59.5 Å². The van der Waals surface area contributed by atoms with Crippen LogP contribution in [-0.2, 0) is 6.42 Å². The SMILES string of the molecule is CCOc1ccc(C(=O)N(C)CCc2ccc(F)cc2)cn1. The molecule has 0 aliphatic heterocycles. The molecule has 0 bridgehead atoms. The number of nitrogens with zero attached hydrogens (tertiary/aromatic N) is 2. The molecule has 0 unspecified atom stereocenters. The van der Waals surface area contributed by atoms with Crippen molar-refractivity contribution in [2.24, 2.45) is 0 Å². The topological polar surface area (TPSA) is 42.4 Å². The van der Waals surface area contributed by atoms with Crippen LogP contribution in [0.15, 0.2) is 42.6 Å². The Hall–Kier alpha value is -2.43. The van der Waals surface area contributed by atoms with Gasteiger partial charge in [-0.2, -0.15) is 0 Å². The minimum Gasteiger partial charge on any atom is -0.478 e. The van der Waals surface area contributed by atoms with E-state index in [1.807, 2.05) is 6.92 Å². The van der Waals surface area contributed by atoms with Gasteiger partial charge in [-0.25, -0.2) is 9.37 Å². The van der Waals surface area contributed by atoms with E-state index in [1.165, 1.54) is 18.3 Å².